The Kier molecular flexibility index (Phi) is 2.65. The highest BCUT2D eigenvalue weighted by molar-refractivity contribution is 9.08. The summed E-state index contributed by atoms with van der Waals surface area (Å²) in [5.41, 5.74) is 1.15. The lowest BCUT2D eigenvalue weighted by Gasteiger charge is -2.03. The Bertz CT molecular complexity index is 464. The van der Waals surface area contributed by atoms with Crippen LogP contribution in [0.3, 0.4) is 0 Å². The summed E-state index contributed by atoms with van der Waals surface area (Å²) in [6, 6.07) is 5.76. The minimum atomic E-state index is 0.324. The largest absolute Gasteiger partial charge is 0.499 e. The second-order valence-electron chi connectivity index (χ2n) is 2.93. The Labute approximate surface area is 94.3 Å². The number of hydrogen-bond donors (Lipinski definition) is 1. The van der Waals surface area contributed by atoms with Crippen molar-refractivity contribution in [2.45, 2.75) is 5.33 Å². The monoisotopic (exact) mass is 272 g/mol. The number of halogens is 1. The van der Waals surface area contributed by atoms with Gasteiger partial charge in [0, 0.05) is 21.5 Å². The summed E-state index contributed by atoms with van der Waals surface area (Å²) in [6.07, 6.45) is 0. The van der Waals surface area contributed by atoms with E-state index < -0.39 is 0 Å². The Morgan fingerprint density at radius 3 is 2.86 bits per heavy atom. The third-order valence-electron chi connectivity index (χ3n) is 2.02. The fourth-order valence-electron chi connectivity index (χ4n) is 1.39. The predicted octanol–water partition coefficient (Wildman–Crippen LogP) is 3.51. The van der Waals surface area contributed by atoms with Crippen LogP contribution >= 0.6 is 27.3 Å². The van der Waals surface area contributed by atoms with Crippen LogP contribution in [0.2, 0.25) is 0 Å². The molecule has 1 N–H and O–H groups in total. The van der Waals surface area contributed by atoms with Crippen molar-refractivity contribution in [3.8, 4) is 10.8 Å². The first-order valence-electron chi connectivity index (χ1n) is 4.10. The number of benzene rings is 1. The maximum absolute atomic E-state index is 9.39. The van der Waals surface area contributed by atoms with Crippen molar-refractivity contribution in [3.05, 3.63) is 23.8 Å². The smallest absolute Gasteiger partial charge is 0.172 e. The van der Waals surface area contributed by atoms with E-state index in [1.807, 2.05) is 6.07 Å². The van der Waals surface area contributed by atoms with Gasteiger partial charge in [-0.15, -0.1) is 0 Å². The highest BCUT2D eigenvalue weighted by Crippen LogP contribution is 2.37. The molecule has 4 heteroatoms. The molecule has 0 saturated heterocycles. The molecule has 2 nitrogen and oxygen atoms in total. The van der Waals surface area contributed by atoms with Gasteiger partial charge in [0.05, 0.1) is 7.11 Å². The van der Waals surface area contributed by atoms with E-state index in [1.165, 1.54) is 11.3 Å². The number of aromatic hydroxyl groups is 1. The first kappa shape index (κ1) is 9.80. The third-order valence-corrected chi connectivity index (χ3v) is 3.55. The lowest BCUT2D eigenvalue weighted by molar-refractivity contribution is 0.419. The van der Waals surface area contributed by atoms with Crippen LogP contribution in [0.1, 0.15) is 5.56 Å². The molecule has 0 fully saturated rings. The van der Waals surface area contributed by atoms with Gasteiger partial charge in [0.15, 0.2) is 5.06 Å². The quantitative estimate of drug-likeness (QED) is 0.848. The molecule has 0 spiro atoms. The molecule has 1 aromatic heterocycles. The van der Waals surface area contributed by atoms with E-state index in [9.17, 15) is 5.11 Å². The van der Waals surface area contributed by atoms with Crippen LogP contribution in [0, 0.1) is 0 Å². The zero-order valence-electron chi connectivity index (χ0n) is 7.58. The van der Waals surface area contributed by atoms with Gasteiger partial charge in [-0.2, -0.15) is 0 Å². The lowest BCUT2D eigenvalue weighted by atomic mass is 10.2. The fraction of sp³-hybridized carbons (Fsp3) is 0.200. The first-order valence-corrected chi connectivity index (χ1v) is 6.04. The third kappa shape index (κ3) is 1.60. The van der Waals surface area contributed by atoms with Crippen molar-refractivity contribution in [3.63, 3.8) is 0 Å². The van der Waals surface area contributed by atoms with Gasteiger partial charge in [-0.25, -0.2) is 0 Å². The van der Waals surface area contributed by atoms with Crippen LogP contribution in [-0.2, 0) is 5.33 Å². The normalized spacial score (nSPS) is 10.7. The number of ether oxygens (including phenoxy) is 1. The molecule has 2 aromatic rings. The molecule has 1 heterocycles. The molecule has 0 atom stereocenters. The van der Waals surface area contributed by atoms with E-state index in [2.05, 4.69) is 22.0 Å². The zero-order chi connectivity index (χ0) is 10.1. The summed E-state index contributed by atoms with van der Waals surface area (Å²) < 4.78 is 6.31. The molecular formula is C10H9BrO2S. The topological polar surface area (TPSA) is 29.5 Å². The molecule has 74 valence electrons. The number of fused-ring (bicyclic) bond motifs is 1. The van der Waals surface area contributed by atoms with E-state index >= 15 is 0 Å². The maximum Gasteiger partial charge on any atom is 0.172 e. The summed E-state index contributed by atoms with van der Waals surface area (Å²) in [5.74, 6) is 0.813. The van der Waals surface area contributed by atoms with Crippen molar-refractivity contribution in [1.29, 1.82) is 0 Å². The van der Waals surface area contributed by atoms with Crippen LogP contribution in [-0.4, -0.2) is 12.2 Å². The van der Waals surface area contributed by atoms with Gasteiger partial charge in [-0.05, 0) is 17.7 Å². The van der Waals surface area contributed by atoms with Crippen molar-refractivity contribution in [2.75, 3.05) is 7.11 Å². The Morgan fingerprint density at radius 2 is 2.21 bits per heavy atom. The number of thiophene rings is 1. The van der Waals surface area contributed by atoms with Gasteiger partial charge in [0.25, 0.3) is 0 Å². The van der Waals surface area contributed by atoms with Crippen LogP contribution < -0.4 is 4.74 Å². The summed E-state index contributed by atoms with van der Waals surface area (Å²) in [5, 5.41) is 11.5. The van der Waals surface area contributed by atoms with Crippen LogP contribution in [0.25, 0.3) is 10.1 Å². The number of methoxy groups -OCH3 is 1. The molecule has 0 aliphatic carbocycles. The Balaban J connectivity index is 2.72. The van der Waals surface area contributed by atoms with Gasteiger partial charge < -0.3 is 9.84 Å². The average molecular weight is 273 g/mol. The molecule has 2 rings (SSSR count). The van der Waals surface area contributed by atoms with E-state index in [0.717, 1.165) is 26.7 Å². The van der Waals surface area contributed by atoms with Crippen molar-refractivity contribution in [1.82, 2.24) is 0 Å². The van der Waals surface area contributed by atoms with E-state index in [4.69, 9.17) is 4.74 Å². The molecule has 14 heavy (non-hydrogen) atoms. The summed E-state index contributed by atoms with van der Waals surface area (Å²) >= 11 is 4.77. The molecule has 0 aliphatic rings. The second kappa shape index (κ2) is 3.79. The number of hydrogen-bond acceptors (Lipinski definition) is 3. The van der Waals surface area contributed by atoms with Crippen molar-refractivity contribution < 1.29 is 9.84 Å². The van der Waals surface area contributed by atoms with Crippen LogP contribution in [0.4, 0.5) is 0 Å². The predicted molar refractivity (Wildman–Crippen MR) is 62.7 cm³/mol. The summed E-state index contributed by atoms with van der Waals surface area (Å²) in [6.45, 7) is 0. The van der Waals surface area contributed by atoms with Gasteiger partial charge in [-0.3, -0.25) is 0 Å². The SMILES string of the molecule is COc1cc(CBr)cc2sc(O)cc12. The molecule has 0 aliphatic heterocycles. The molecule has 0 bridgehead atoms. The second-order valence-corrected chi connectivity index (χ2v) is 4.55. The standard InChI is InChI=1S/C10H9BrO2S/c1-13-8-2-6(5-11)3-9-7(8)4-10(12)14-9/h2-4,12H,5H2,1H3. The molecular weight excluding hydrogens is 264 g/mol. The Hall–Kier alpha value is -0.740. The van der Waals surface area contributed by atoms with Crippen molar-refractivity contribution >= 4 is 37.4 Å². The minimum absolute atomic E-state index is 0.324. The summed E-state index contributed by atoms with van der Waals surface area (Å²) in [4.78, 5) is 0. The highest BCUT2D eigenvalue weighted by Gasteiger charge is 2.07. The van der Waals surface area contributed by atoms with Gasteiger partial charge >= 0.3 is 0 Å². The maximum atomic E-state index is 9.39. The van der Waals surface area contributed by atoms with Gasteiger partial charge in [0.2, 0.25) is 0 Å². The number of alkyl halides is 1. The van der Waals surface area contributed by atoms with Crippen molar-refractivity contribution in [2.24, 2.45) is 0 Å². The van der Waals surface area contributed by atoms with E-state index in [0.29, 0.717) is 5.06 Å². The average Bonchev–Trinajstić information content (AvgIpc) is 2.56. The molecule has 0 unspecified atom stereocenters. The van der Waals surface area contributed by atoms with Gasteiger partial charge in [-0.1, -0.05) is 27.3 Å². The molecule has 1 aromatic carbocycles. The minimum Gasteiger partial charge on any atom is -0.499 e. The zero-order valence-corrected chi connectivity index (χ0v) is 9.98. The van der Waals surface area contributed by atoms with Gasteiger partial charge in [0.1, 0.15) is 5.75 Å². The Morgan fingerprint density at radius 1 is 1.43 bits per heavy atom. The van der Waals surface area contributed by atoms with E-state index in [1.54, 1.807) is 13.2 Å². The first-order chi connectivity index (χ1) is 6.74. The lowest BCUT2D eigenvalue weighted by Crippen LogP contribution is -1.85. The van der Waals surface area contributed by atoms with Crippen LogP contribution in [0.5, 0.6) is 10.8 Å². The summed E-state index contributed by atoms with van der Waals surface area (Å²) in [7, 11) is 1.64. The highest BCUT2D eigenvalue weighted by atomic mass is 79.9. The number of rotatable bonds is 2. The van der Waals surface area contributed by atoms with E-state index in [-0.39, 0.29) is 0 Å². The molecule has 0 amide bonds. The molecule has 0 saturated carbocycles. The van der Waals surface area contributed by atoms with Crippen LogP contribution in [0.15, 0.2) is 18.2 Å². The molecule has 0 radical (unpaired) electrons. The fourth-order valence-corrected chi connectivity index (χ4v) is 2.60.